The van der Waals surface area contributed by atoms with Crippen molar-refractivity contribution in [3.8, 4) is 0 Å². The number of benzene rings is 1. The van der Waals surface area contributed by atoms with Crippen LogP contribution in [0.5, 0.6) is 0 Å². The second-order valence-corrected chi connectivity index (χ2v) is 5.43. The first-order chi connectivity index (χ1) is 10.0. The van der Waals surface area contributed by atoms with E-state index in [0.717, 1.165) is 43.7 Å². The maximum atomic E-state index is 8.67. The van der Waals surface area contributed by atoms with Crippen LogP contribution in [-0.2, 0) is 11.3 Å². The first-order valence-electron chi connectivity index (χ1n) is 7.44. The summed E-state index contributed by atoms with van der Waals surface area (Å²) in [6.07, 6.45) is 2.50. The van der Waals surface area contributed by atoms with E-state index in [-0.39, 0.29) is 5.84 Å². The molecule has 0 aliphatic rings. The molecule has 5 heteroatoms. The lowest BCUT2D eigenvalue weighted by atomic mass is 10.0. The normalized spacial score (nSPS) is 12.1. The molecule has 1 rings (SSSR count). The molecular formula is C16H27N3O2. The number of nitrogens with one attached hydrogen (secondary N) is 1. The molecule has 118 valence electrons. The maximum absolute atomic E-state index is 8.67. The second-order valence-electron chi connectivity index (χ2n) is 5.43. The summed E-state index contributed by atoms with van der Waals surface area (Å²) in [6.45, 7) is 8.77. The summed E-state index contributed by atoms with van der Waals surface area (Å²) in [5.41, 5.74) is 8.67. The van der Waals surface area contributed by atoms with E-state index in [9.17, 15) is 0 Å². The van der Waals surface area contributed by atoms with Crippen molar-refractivity contribution in [3.63, 3.8) is 0 Å². The van der Waals surface area contributed by atoms with Crippen LogP contribution in [0.2, 0.25) is 0 Å². The van der Waals surface area contributed by atoms with Crippen LogP contribution in [0.25, 0.3) is 0 Å². The Balaban J connectivity index is 2.30. The van der Waals surface area contributed by atoms with Crippen molar-refractivity contribution >= 4 is 5.84 Å². The molecule has 0 saturated heterocycles. The molecule has 1 aromatic carbocycles. The molecular weight excluding hydrogens is 266 g/mol. The Bertz CT molecular complexity index is 459. The molecule has 0 bridgehead atoms. The number of hydrogen-bond donors (Lipinski definition) is 3. The van der Waals surface area contributed by atoms with Crippen molar-refractivity contribution in [2.75, 3.05) is 13.2 Å². The van der Waals surface area contributed by atoms with Gasteiger partial charge >= 0.3 is 0 Å². The van der Waals surface area contributed by atoms with Gasteiger partial charge in [0.15, 0.2) is 5.84 Å². The van der Waals surface area contributed by atoms with Crippen LogP contribution >= 0.6 is 0 Å². The Morgan fingerprint density at radius 3 is 2.76 bits per heavy atom. The number of oxime groups is 1. The lowest BCUT2D eigenvalue weighted by Gasteiger charge is -2.10. The van der Waals surface area contributed by atoms with Gasteiger partial charge < -0.3 is 21.0 Å². The zero-order valence-electron chi connectivity index (χ0n) is 13.2. The summed E-state index contributed by atoms with van der Waals surface area (Å²) in [6, 6.07) is 5.82. The molecule has 0 aromatic heterocycles. The molecule has 0 heterocycles. The predicted molar refractivity (Wildman–Crippen MR) is 85.7 cm³/mol. The lowest BCUT2D eigenvalue weighted by molar-refractivity contribution is 0.0760. The summed E-state index contributed by atoms with van der Waals surface area (Å²) in [5, 5.41) is 15.1. The number of unbranched alkanes of at least 4 members (excludes halogenated alkanes) is 1. The van der Waals surface area contributed by atoms with Gasteiger partial charge in [-0.3, -0.25) is 0 Å². The average Bonchev–Trinajstić information content (AvgIpc) is 2.46. The van der Waals surface area contributed by atoms with Crippen LogP contribution in [0.3, 0.4) is 0 Å². The number of aryl methyl sites for hydroxylation is 1. The average molecular weight is 293 g/mol. The monoisotopic (exact) mass is 293 g/mol. The first kappa shape index (κ1) is 17.5. The van der Waals surface area contributed by atoms with Crippen molar-refractivity contribution < 1.29 is 9.94 Å². The van der Waals surface area contributed by atoms with Crippen molar-refractivity contribution in [2.24, 2.45) is 10.9 Å². The number of nitrogens with zero attached hydrogens (tertiary/aromatic N) is 1. The summed E-state index contributed by atoms with van der Waals surface area (Å²) in [7, 11) is 0. The second kappa shape index (κ2) is 9.37. The van der Waals surface area contributed by atoms with Gasteiger partial charge in [0.1, 0.15) is 0 Å². The smallest absolute Gasteiger partial charge is 0.170 e. The fraction of sp³-hybridized carbons (Fsp3) is 0.562. The third kappa shape index (κ3) is 6.60. The molecule has 0 radical (unpaired) electrons. The van der Waals surface area contributed by atoms with Gasteiger partial charge in [0.2, 0.25) is 0 Å². The number of ether oxygens (including phenoxy) is 1. The standard InChI is InChI=1S/C16H27N3O2/c1-12(2)21-9-5-4-8-18-11-15-7-6-14(10-13(15)3)16(17)19-20/h6-7,10,12,18,20H,4-5,8-9,11H2,1-3H3,(H2,17,19). The summed E-state index contributed by atoms with van der Waals surface area (Å²) < 4.78 is 5.50. The third-order valence-corrected chi connectivity index (χ3v) is 3.26. The van der Waals surface area contributed by atoms with Crippen LogP contribution in [0.1, 0.15) is 43.4 Å². The van der Waals surface area contributed by atoms with Crippen molar-refractivity contribution in [1.82, 2.24) is 5.32 Å². The van der Waals surface area contributed by atoms with Crippen molar-refractivity contribution in [3.05, 3.63) is 34.9 Å². The van der Waals surface area contributed by atoms with Gasteiger partial charge in [-0.25, -0.2) is 0 Å². The Labute approximate surface area is 127 Å². The molecule has 0 aliphatic carbocycles. The largest absolute Gasteiger partial charge is 0.409 e. The molecule has 0 amide bonds. The maximum Gasteiger partial charge on any atom is 0.170 e. The van der Waals surface area contributed by atoms with Crippen LogP contribution in [0.4, 0.5) is 0 Å². The molecule has 0 spiro atoms. The molecule has 0 atom stereocenters. The molecule has 0 fully saturated rings. The zero-order valence-corrected chi connectivity index (χ0v) is 13.2. The Morgan fingerprint density at radius 1 is 1.38 bits per heavy atom. The highest BCUT2D eigenvalue weighted by atomic mass is 16.5. The van der Waals surface area contributed by atoms with Gasteiger partial charge in [0, 0.05) is 18.7 Å². The van der Waals surface area contributed by atoms with Crippen LogP contribution < -0.4 is 11.1 Å². The summed E-state index contributed by atoms with van der Waals surface area (Å²) >= 11 is 0. The van der Waals surface area contributed by atoms with Crippen molar-refractivity contribution in [1.29, 1.82) is 0 Å². The highest BCUT2D eigenvalue weighted by Crippen LogP contribution is 2.11. The molecule has 0 unspecified atom stereocenters. The minimum atomic E-state index is 0.141. The van der Waals surface area contributed by atoms with Gasteiger partial charge in [0.05, 0.1) is 6.10 Å². The van der Waals surface area contributed by atoms with E-state index in [0.29, 0.717) is 6.10 Å². The molecule has 21 heavy (non-hydrogen) atoms. The Hall–Kier alpha value is -1.59. The van der Waals surface area contributed by atoms with Gasteiger partial charge in [-0.05, 0) is 57.4 Å². The fourth-order valence-electron chi connectivity index (χ4n) is 2.01. The first-order valence-corrected chi connectivity index (χ1v) is 7.44. The molecule has 0 saturated carbocycles. The quantitative estimate of drug-likeness (QED) is 0.215. The third-order valence-electron chi connectivity index (χ3n) is 3.26. The zero-order chi connectivity index (χ0) is 15.7. The van der Waals surface area contributed by atoms with E-state index in [4.69, 9.17) is 15.7 Å². The summed E-state index contributed by atoms with van der Waals surface area (Å²) in [5.74, 6) is 0.141. The Kier molecular flexibility index (Phi) is 7.79. The molecule has 5 nitrogen and oxygen atoms in total. The minimum Gasteiger partial charge on any atom is -0.409 e. The van der Waals surface area contributed by atoms with Gasteiger partial charge in [-0.15, -0.1) is 0 Å². The van der Waals surface area contributed by atoms with E-state index in [1.54, 1.807) is 0 Å². The highest BCUT2D eigenvalue weighted by molar-refractivity contribution is 5.97. The molecule has 1 aromatic rings. The molecule has 4 N–H and O–H groups in total. The van der Waals surface area contributed by atoms with Gasteiger partial charge in [0.25, 0.3) is 0 Å². The van der Waals surface area contributed by atoms with Gasteiger partial charge in [-0.1, -0.05) is 17.3 Å². The van der Waals surface area contributed by atoms with Gasteiger partial charge in [-0.2, -0.15) is 0 Å². The van der Waals surface area contributed by atoms with Crippen molar-refractivity contribution in [2.45, 2.75) is 46.3 Å². The minimum absolute atomic E-state index is 0.141. The Morgan fingerprint density at radius 2 is 2.14 bits per heavy atom. The number of rotatable bonds is 9. The number of amidine groups is 1. The van der Waals surface area contributed by atoms with Crippen LogP contribution in [0.15, 0.2) is 23.4 Å². The van der Waals surface area contributed by atoms with E-state index >= 15 is 0 Å². The topological polar surface area (TPSA) is 79.9 Å². The highest BCUT2D eigenvalue weighted by Gasteiger charge is 2.03. The molecule has 0 aliphatic heterocycles. The number of hydrogen-bond acceptors (Lipinski definition) is 4. The SMILES string of the molecule is Cc1cc(/C(N)=N/O)ccc1CNCCCCOC(C)C. The van der Waals surface area contributed by atoms with E-state index in [1.165, 1.54) is 5.56 Å². The van der Waals surface area contributed by atoms with Crippen LogP contribution in [0, 0.1) is 6.92 Å². The lowest BCUT2D eigenvalue weighted by Crippen LogP contribution is -2.17. The van der Waals surface area contributed by atoms with E-state index in [2.05, 4.69) is 24.3 Å². The summed E-state index contributed by atoms with van der Waals surface area (Å²) in [4.78, 5) is 0. The van der Waals surface area contributed by atoms with E-state index < -0.39 is 0 Å². The predicted octanol–water partition coefficient (Wildman–Crippen LogP) is 2.38. The number of nitrogens with two attached hydrogens (primary N) is 1. The fourth-order valence-corrected chi connectivity index (χ4v) is 2.01. The van der Waals surface area contributed by atoms with E-state index in [1.807, 2.05) is 25.1 Å². The van der Waals surface area contributed by atoms with Crippen LogP contribution in [-0.4, -0.2) is 30.3 Å².